The van der Waals surface area contributed by atoms with Gasteiger partial charge in [0.05, 0.1) is 17.9 Å². The lowest BCUT2D eigenvalue weighted by atomic mass is 9.97. The maximum atomic E-state index is 13.8. The van der Waals surface area contributed by atoms with Gasteiger partial charge >= 0.3 is 0 Å². The Kier molecular flexibility index (Phi) is 7.56. The number of aliphatic hydroxyl groups is 1. The second-order valence-corrected chi connectivity index (χ2v) is 5.46. The van der Waals surface area contributed by atoms with Crippen LogP contribution in [0.1, 0.15) is 25.7 Å². The van der Waals surface area contributed by atoms with Crippen LogP contribution in [0.3, 0.4) is 0 Å². The molecule has 2 unspecified atom stereocenters. The summed E-state index contributed by atoms with van der Waals surface area (Å²) in [5.74, 6) is -0.226. The van der Waals surface area contributed by atoms with Gasteiger partial charge in [-0.05, 0) is 44.4 Å². The Morgan fingerprint density at radius 3 is 2.95 bits per heavy atom. The first-order valence-electron chi connectivity index (χ1n) is 7.26. The third kappa shape index (κ3) is 4.10. The molecule has 4 nitrogen and oxygen atoms in total. The van der Waals surface area contributed by atoms with E-state index in [2.05, 4.69) is 10.3 Å². The van der Waals surface area contributed by atoms with Gasteiger partial charge in [0.2, 0.25) is 0 Å². The molecule has 0 saturated carbocycles. The predicted molar refractivity (Wildman–Crippen MR) is 90.5 cm³/mol. The molecule has 0 radical (unpaired) electrons. The summed E-state index contributed by atoms with van der Waals surface area (Å²) in [4.78, 5) is 4.22. The molecule has 2 atom stereocenters. The molecular formula is C15H22Cl2FN3O. The highest BCUT2D eigenvalue weighted by Gasteiger charge is 2.21. The molecule has 2 N–H and O–H groups in total. The number of aliphatic hydroxyl groups excluding tert-OH is 1. The van der Waals surface area contributed by atoms with E-state index in [0.717, 1.165) is 38.8 Å². The molecule has 1 fully saturated rings. The minimum absolute atomic E-state index is 0. The van der Waals surface area contributed by atoms with Crippen molar-refractivity contribution in [2.75, 3.05) is 6.54 Å². The van der Waals surface area contributed by atoms with Crippen LogP contribution < -0.4 is 5.32 Å². The molecule has 1 saturated heterocycles. The quantitative estimate of drug-likeness (QED) is 0.892. The van der Waals surface area contributed by atoms with Crippen LogP contribution in [0.15, 0.2) is 24.5 Å². The minimum atomic E-state index is -0.250. The van der Waals surface area contributed by atoms with E-state index in [1.54, 1.807) is 12.4 Å². The first-order chi connectivity index (χ1) is 9.75. The van der Waals surface area contributed by atoms with Gasteiger partial charge in [0.1, 0.15) is 11.3 Å². The lowest BCUT2D eigenvalue weighted by Gasteiger charge is -2.29. The van der Waals surface area contributed by atoms with Gasteiger partial charge < -0.3 is 15.0 Å². The second-order valence-electron chi connectivity index (χ2n) is 5.46. The fourth-order valence-electron chi connectivity index (χ4n) is 2.96. The molecule has 22 heavy (non-hydrogen) atoms. The molecule has 2 aromatic rings. The largest absolute Gasteiger partial charge is 0.392 e. The van der Waals surface area contributed by atoms with Crippen LogP contribution in [0.4, 0.5) is 4.39 Å². The first kappa shape index (κ1) is 19.2. The number of aryl methyl sites for hydroxylation is 1. The number of hydrogen-bond acceptors (Lipinski definition) is 3. The Morgan fingerprint density at radius 1 is 1.36 bits per heavy atom. The van der Waals surface area contributed by atoms with Crippen molar-refractivity contribution < 1.29 is 9.50 Å². The molecule has 124 valence electrons. The smallest absolute Gasteiger partial charge is 0.149 e. The minimum Gasteiger partial charge on any atom is -0.392 e. The van der Waals surface area contributed by atoms with Crippen molar-refractivity contribution >= 4 is 35.8 Å². The van der Waals surface area contributed by atoms with Crippen molar-refractivity contribution in [2.45, 2.75) is 44.4 Å². The van der Waals surface area contributed by atoms with E-state index in [9.17, 15) is 9.50 Å². The van der Waals surface area contributed by atoms with Crippen molar-refractivity contribution in [3.8, 4) is 0 Å². The van der Waals surface area contributed by atoms with Gasteiger partial charge in [-0.25, -0.2) is 9.37 Å². The standard InChI is InChI=1S/C15H20FN3O.2ClH/c16-11-4-1-5-13-15(11)19(10-18-13)9-3-6-12-14(20)7-2-8-17-12;;/h1,4-5,10,12,14,17,20H,2-3,6-9H2;2*1H. The monoisotopic (exact) mass is 349 g/mol. The average Bonchev–Trinajstić information content (AvgIpc) is 2.86. The van der Waals surface area contributed by atoms with Crippen molar-refractivity contribution in [1.29, 1.82) is 0 Å². The number of imidazole rings is 1. The Bertz CT molecular complexity index is 593. The van der Waals surface area contributed by atoms with Crippen molar-refractivity contribution in [1.82, 2.24) is 14.9 Å². The maximum absolute atomic E-state index is 13.8. The number of piperidine rings is 1. The van der Waals surface area contributed by atoms with E-state index in [0.29, 0.717) is 11.0 Å². The predicted octanol–water partition coefficient (Wildman–Crippen LogP) is 2.91. The number of hydrogen-bond donors (Lipinski definition) is 2. The van der Waals surface area contributed by atoms with Gasteiger partial charge in [-0.2, -0.15) is 0 Å². The SMILES string of the molecule is Cl.Cl.OC1CCCNC1CCCn1cnc2cccc(F)c21. The second kappa shape index (κ2) is 8.67. The van der Waals surface area contributed by atoms with Crippen LogP contribution in [-0.4, -0.2) is 33.3 Å². The van der Waals surface area contributed by atoms with Crippen molar-refractivity contribution in [3.05, 3.63) is 30.3 Å². The van der Waals surface area contributed by atoms with Gasteiger partial charge in [0, 0.05) is 12.6 Å². The summed E-state index contributed by atoms with van der Waals surface area (Å²) in [6.07, 6.45) is 5.15. The normalized spacial score (nSPS) is 21.2. The molecule has 1 aromatic carbocycles. The topological polar surface area (TPSA) is 50.1 Å². The third-order valence-electron chi connectivity index (χ3n) is 4.05. The molecule has 0 aliphatic carbocycles. The number of fused-ring (bicyclic) bond motifs is 1. The molecule has 7 heteroatoms. The summed E-state index contributed by atoms with van der Waals surface area (Å²) >= 11 is 0. The number of rotatable bonds is 4. The molecule has 0 amide bonds. The molecule has 1 aliphatic rings. The highest BCUT2D eigenvalue weighted by molar-refractivity contribution is 5.85. The number of halogens is 3. The van der Waals surface area contributed by atoms with Gasteiger partial charge in [-0.1, -0.05) is 6.07 Å². The van der Waals surface area contributed by atoms with Crippen LogP contribution in [0.5, 0.6) is 0 Å². The summed E-state index contributed by atoms with van der Waals surface area (Å²) in [6, 6.07) is 5.13. The highest BCUT2D eigenvalue weighted by atomic mass is 35.5. The summed E-state index contributed by atoms with van der Waals surface area (Å²) in [5.41, 5.74) is 1.27. The van der Waals surface area contributed by atoms with Gasteiger partial charge in [0.15, 0.2) is 0 Å². The Balaban J connectivity index is 0.00000121. The molecule has 3 rings (SSSR count). The van der Waals surface area contributed by atoms with Crippen LogP contribution >= 0.6 is 24.8 Å². The van der Waals surface area contributed by atoms with E-state index in [1.165, 1.54) is 6.07 Å². The number of para-hydroxylation sites is 1. The van der Waals surface area contributed by atoms with Gasteiger partial charge in [0.25, 0.3) is 0 Å². The zero-order chi connectivity index (χ0) is 13.9. The molecule has 1 aromatic heterocycles. The number of nitrogens with one attached hydrogen (secondary N) is 1. The molecular weight excluding hydrogens is 328 g/mol. The average molecular weight is 350 g/mol. The fraction of sp³-hybridized carbons (Fsp3) is 0.533. The summed E-state index contributed by atoms with van der Waals surface area (Å²) in [5, 5.41) is 13.2. The fourth-order valence-corrected chi connectivity index (χ4v) is 2.96. The number of aromatic nitrogens is 2. The zero-order valence-electron chi connectivity index (χ0n) is 12.2. The van der Waals surface area contributed by atoms with Gasteiger partial charge in [-0.15, -0.1) is 24.8 Å². The van der Waals surface area contributed by atoms with Crippen molar-refractivity contribution in [2.24, 2.45) is 0 Å². The van der Waals surface area contributed by atoms with Crippen molar-refractivity contribution in [3.63, 3.8) is 0 Å². The van der Waals surface area contributed by atoms with Crippen LogP contribution in [0.2, 0.25) is 0 Å². The Morgan fingerprint density at radius 2 is 2.18 bits per heavy atom. The van der Waals surface area contributed by atoms with E-state index < -0.39 is 0 Å². The summed E-state index contributed by atoms with van der Waals surface area (Å²) in [6.45, 7) is 1.70. The summed E-state index contributed by atoms with van der Waals surface area (Å²) < 4.78 is 15.7. The maximum Gasteiger partial charge on any atom is 0.149 e. The zero-order valence-corrected chi connectivity index (χ0v) is 13.9. The molecule has 2 heterocycles. The first-order valence-corrected chi connectivity index (χ1v) is 7.26. The Hall–Kier alpha value is -0.880. The third-order valence-corrected chi connectivity index (χ3v) is 4.05. The van der Waals surface area contributed by atoms with E-state index in [-0.39, 0.29) is 42.8 Å². The van der Waals surface area contributed by atoms with E-state index >= 15 is 0 Å². The highest BCUT2D eigenvalue weighted by Crippen LogP contribution is 2.18. The molecule has 0 spiro atoms. The van der Waals surface area contributed by atoms with Gasteiger partial charge in [-0.3, -0.25) is 0 Å². The Labute approximate surface area is 141 Å². The van der Waals surface area contributed by atoms with E-state index in [4.69, 9.17) is 0 Å². The van der Waals surface area contributed by atoms with Crippen LogP contribution in [0.25, 0.3) is 11.0 Å². The van der Waals surface area contributed by atoms with Crippen LogP contribution in [0, 0.1) is 5.82 Å². The van der Waals surface area contributed by atoms with E-state index in [1.807, 2.05) is 10.6 Å². The number of benzene rings is 1. The summed E-state index contributed by atoms with van der Waals surface area (Å²) in [7, 11) is 0. The van der Waals surface area contributed by atoms with Crippen LogP contribution in [-0.2, 0) is 6.54 Å². The lowest BCUT2D eigenvalue weighted by Crippen LogP contribution is -2.44. The molecule has 1 aliphatic heterocycles. The molecule has 0 bridgehead atoms. The lowest BCUT2D eigenvalue weighted by molar-refractivity contribution is 0.0909. The number of nitrogens with zero attached hydrogens (tertiary/aromatic N) is 2.